The molecule has 0 aliphatic rings. The molecule has 0 spiro atoms. The van der Waals surface area contributed by atoms with Crippen LogP contribution in [0, 0.1) is 0 Å². The van der Waals surface area contributed by atoms with Crippen molar-refractivity contribution in [3.8, 4) is 0 Å². The van der Waals surface area contributed by atoms with E-state index < -0.39 is 11.7 Å². The molecule has 0 saturated heterocycles. The lowest BCUT2D eigenvalue weighted by molar-refractivity contribution is -0.138. The monoisotopic (exact) mass is 308 g/mol. The summed E-state index contributed by atoms with van der Waals surface area (Å²) >= 11 is 3.22. The van der Waals surface area contributed by atoms with Crippen LogP contribution in [0.3, 0.4) is 0 Å². The molecule has 4 heteroatoms. The standard InChI is InChI=1S/C13H16BrF3/c1-2-3-4-5-6-10-9-11(14)7-8-12(10)13(15,16)17/h7-9H,2-6H2,1H3. The van der Waals surface area contributed by atoms with Gasteiger partial charge >= 0.3 is 6.18 Å². The second-order valence-electron chi connectivity index (χ2n) is 4.11. The van der Waals surface area contributed by atoms with E-state index in [0.29, 0.717) is 16.5 Å². The van der Waals surface area contributed by atoms with Gasteiger partial charge in [-0.2, -0.15) is 13.2 Å². The number of hydrogen-bond donors (Lipinski definition) is 0. The Morgan fingerprint density at radius 3 is 2.41 bits per heavy atom. The molecule has 0 fully saturated rings. The van der Waals surface area contributed by atoms with E-state index in [9.17, 15) is 13.2 Å². The molecule has 0 atom stereocenters. The molecule has 0 N–H and O–H groups in total. The second kappa shape index (κ2) is 6.43. The summed E-state index contributed by atoms with van der Waals surface area (Å²) in [6.45, 7) is 2.08. The first-order valence-corrected chi connectivity index (χ1v) is 6.60. The van der Waals surface area contributed by atoms with Crippen molar-refractivity contribution in [3.05, 3.63) is 33.8 Å². The highest BCUT2D eigenvalue weighted by Crippen LogP contribution is 2.34. The average molecular weight is 309 g/mol. The molecule has 0 heterocycles. The summed E-state index contributed by atoms with van der Waals surface area (Å²) in [6.07, 6.45) is 0.211. The quantitative estimate of drug-likeness (QED) is 0.622. The van der Waals surface area contributed by atoms with E-state index in [0.717, 1.165) is 31.7 Å². The van der Waals surface area contributed by atoms with Gasteiger partial charge in [-0.05, 0) is 36.6 Å². The lowest BCUT2D eigenvalue weighted by Crippen LogP contribution is -2.09. The van der Waals surface area contributed by atoms with Gasteiger partial charge in [0.1, 0.15) is 0 Å². The minimum Gasteiger partial charge on any atom is -0.166 e. The number of alkyl halides is 3. The van der Waals surface area contributed by atoms with Gasteiger partial charge in [-0.1, -0.05) is 42.1 Å². The van der Waals surface area contributed by atoms with Crippen LogP contribution in [0.5, 0.6) is 0 Å². The summed E-state index contributed by atoms with van der Waals surface area (Å²) in [7, 11) is 0. The third-order valence-corrected chi connectivity index (χ3v) is 3.17. The number of benzene rings is 1. The maximum absolute atomic E-state index is 12.7. The Balaban J connectivity index is 2.77. The lowest BCUT2D eigenvalue weighted by Gasteiger charge is -2.13. The smallest absolute Gasteiger partial charge is 0.166 e. The summed E-state index contributed by atoms with van der Waals surface area (Å²) < 4.78 is 38.9. The third kappa shape index (κ3) is 4.70. The highest BCUT2D eigenvalue weighted by Gasteiger charge is 2.32. The average Bonchev–Trinajstić information content (AvgIpc) is 2.23. The van der Waals surface area contributed by atoms with Crippen LogP contribution in [0.25, 0.3) is 0 Å². The second-order valence-corrected chi connectivity index (χ2v) is 5.03. The van der Waals surface area contributed by atoms with E-state index in [1.165, 1.54) is 6.07 Å². The Kier molecular flexibility index (Phi) is 5.50. The molecule has 1 rings (SSSR count). The Morgan fingerprint density at radius 1 is 1.12 bits per heavy atom. The van der Waals surface area contributed by atoms with Gasteiger partial charge in [-0.15, -0.1) is 0 Å². The minimum atomic E-state index is -4.25. The third-order valence-electron chi connectivity index (χ3n) is 2.67. The van der Waals surface area contributed by atoms with E-state index in [1.807, 2.05) is 0 Å². The maximum Gasteiger partial charge on any atom is 0.416 e. The van der Waals surface area contributed by atoms with Crippen molar-refractivity contribution in [2.75, 3.05) is 0 Å². The molecular weight excluding hydrogens is 293 g/mol. The van der Waals surface area contributed by atoms with Gasteiger partial charge < -0.3 is 0 Å². The molecular formula is C13H16BrF3. The first kappa shape index (κ1) is 14.6. The van der Waals surface area contributed by atoms with Crippen molar-refractivity contribution < 1.29 is 13.2 Å². The highest BCUT2D eigenvalue weighted by molar-refractivity contribution is 9.10. The number of hydrogen-bond acceptors (Lipinski definition) is 0. The Hall–Kier alpha value is -0.510. The maximum atomic E-state index is 12.7. The van der Waals surface area contributed by atoms with E-state index >= 15 is 0 Å². The zero-order valence-corrected chi connectivity index (χ0v) is 11.4. The van der Waals surface area contributed by atoms with Crippen LogP contribution in [-0.4, -0.2) is 0 Å². The van der Waals surface area contributed by atoms with E-state index in [4.69, 9.17) is 0 Å². The highest BCUT2D eigenvalue weighted by atomic mass is 79.9. The Morgan fingerprint density at radius 2 is 1.82 bits per heavy atom. The molecule has 0 amide bonds. The number of rotatable bonds is 5. The SMILES string of the molecule is CCCCCCc1cc(Br)ccc1C(F)(F)F. The molecule has 0 aromatic heterocycles. The van der Waals surface area contributed by atoms with Crippen LogP contribution >= 0.6 is 15.9 Å². The van der Waals surface area contributed by atoms with Gasteiger partial charge in [0.15, 0.2) is 0 Å². The van der Waals surface area contributed by atoms with Crippen LogP contribution in [0.15, 0.2) is 22.7 Å². The van der Waals surface area contributed by atoms with Crippen LogP contribution in [-0.2, 0) is 12.6 Å². The van der Waals surface area contributed by atoms with Crippen LogP contribution in [0.1, 0.15) is 43.7 Å². The minimum absolute atomic E-state index is 0.392. The van der Waals surface area contributed by atoms with Crippen molar-refractivity contribution in [2.45, 2.75) is 45.2 Å². The molecule has 0 radical (unpaired) electrons. The van der Waals surface area contributed by atoms with Crippen molar-refractivity contribution in [1.29, 1.82) is 0 Å². The largest absolute Gasteiger partial charge is 0.416 e. The van der Waals surface area contributed by atoms with Gasteiger partial charge in [0.25, 0.3) is 0 Å². The van der Waals surface area contributed by atoms with Crippen LogP contribution in [0.2, 0.25) is 0 Å². The molecule has 17 heavy (non-hydrogen) atoms. The predicted octanol–water partition coefficient (Wildman–Crippen LogP) is 5.59. The molecule has 0 aliphatic carbocycles. The molecule has 0 nitrogen and oxygen atoms in total. The summed E-state index contributed by atoms with van der Waals surface area (Å²) in [4.78, 5) is 0. The molecule has 0 unspecified atom stereocenters. The van der Waals surface area contributed by atoms with Crippen molar-refractivity contribution >= 4 is 15.9 Å². The predicted molar refractivity (Wildman–Crippen MR) is 67.0 cm³/mol. The van der Waals surface area contributed by atoms with Gasteiger partial charge in [-0.3, -0.25) is 0 Å². The molecule has 1 aromatic carbocycles. The molecule has 96 valence electrons. The summed E-state index contributed by atoms with van der Waals surface area (Å²) in [5, 5.41) is 0. The lowest BCUT2D eigenvalue weighted by atomic mass is 10.0. The van der Waals surface area contributed by atoms with Crippen molar-refractivity contribution in [2.24, 2.45) is 0 Å². The van der Waals surface area contributed by atoms with Gasteiger partial charge in [0.05, 0.1) is 5.56 Å². The molecule has 0 bridgehead atoms. The molecule has 1 aromatic rings. The van der Waals surface area contributed by atoms with Gasteiger partial charge in [0.2, 0.25) is 0 Å². The van der Waals surface area contributed by atoms with Crippen LogP contribution < -0.4 is 0 Å². The summed E-state index contributed by atoms with van der Waals surface area (Å²) in [5.41, 5.74) is -0.111. The van der Waals surface area contributed by atoms with Crippen molar-refractivity contribution in [1.82, 2.24) is 0 Å². The van der Waals surface area contributed by atoms with Gasteiger partial charge in [-0.25, -0.2) is 0 Å². The normalized spacial score (nSPS) is 11.8. The fraction of sp³-hybridized carbons (Fsp3) is 0.538. The first-order chi connectivity index (χ1) is 7.95. The molecule has 0 aliphatic heterocycles. The number of aryl methyl sites for hydroxylation is 1. The zero-order valence-electron chi connectivity index (χ0n) is 9.78. The summed E-state index contributed by atoms with van der Waals surface area (Å²) in [6, 6.07) is 4.17. The van der Waals surface area contributed by atoms with Crippen LogP contribution in [0.4, 0.5) is 13.2 Å². The topological polar surface area (TPSA) is 0 Å². The van der Waals surface area contributed by atoms with Crippen molar-refractivity contribution in [3.63, 3.8) is 0 Å². The van der Waals surface area contributed by atoms with E-state index in [1.54, 1.807) is 6.07 Å². The first-order valence-electron chi connectivity index (χ1n) is 5.80. The molecule has 0 saturated carbocycles. The number of halogens is 4. The van der Waals surface area contributed by atoms with Gasteiger partial charge in [0, 0.05) is 4.47 Å². The van der Waals surface area contributed by atoms with E-state index in [2.05, 4.69) is 22.9 Å². The number of unbranched alkanes of at least 4 members (excludes halogenated alkanes) is 3. The summed E-state index contributed by atoms with van der Waals surface area (Å²) in [5.74, 6) is 0. The Labute approximate surface area is 108 Å². The fourth-order valence-corrected chi connectivity index (χ4v) is 2.20. The van der Waals surface area contributed by atoms with E-state index in [-0.39, 0.29) is 0 Å². The zero-order chi connectivity index (χ0) is 12.9. The Bertz CT molecular complexity index is 358. The fourth-order valence-electron chi connectivity index (χ4n) is 1.79.